The highest BCUT2D eigenvalue weighted by molar-refractivity contribution is 5.92. The van der Waals surface area contributed by atoms with Crippen LogP contribution in [0.1, 0.15) is 63.9 Å². The third-order valence-corrected chi connectivity index (χ3v) is 8.05. The van der Waals surface area contributed by atoms with Crippen molar-refractivity contribution in [3.8, 4) is 0 Å². The standard InChI is InChI=1S/C24H35N3O3/c1-15(2)20(28)27-22-23(3,4)16-13-17-19(30-12-9-24(17,22)14-16)8-11-26-21(29)18-7-5-6-10-25-18/h5-7,10,15-17,19,22H,8-9,11-14H2,1-4H3,(H,26,29)(H,27,28)/t16-,17-,19-,22+,24-/m1/s1. The Hall–Kier alpha value is -1.95. The van der Waals surface area contributed by atoms with Gasteiger partial charge in [0.2, 0.25) is 5.91 Å². The fourth-order valence-corrected chi connectivity index (χ4v) is 6.42. The summed E-state index contributed by atoms with van der Waals surface area (Å²) in [6, 6.07) is 5.54. The molecule has 2 N–H and O–H groups in total. The van der Waals surface area contributed by atoms with Gasteiger partial charge in [0.05, 0.1) is 6.10 Å². The number of fused-ring (bicyclic) bond motifs is 1. The molecule has 1 saturated heterocycles. The molecule has 4 rings (SSSR count). The average Bonchev–Trinajstić information content (AvgIpc) is 3.21. The number of hydrogen-bond acceptors (Lipinski definition) is 4. The zero-order valence-electron chi connectivity index (χ0n) is 18.6. The second-order valence-electron chi connectivity index (χ2n) is 10.3. The van der Waals surface area contributed by atoms with Gasteiger partial charge in [-0.1, -0.05) is 33.8 Å². The summed E-state index contributed by atoms with van der Waals surface area (Å²) in [6.45, 7) is 9.87. The maximum absolute atomic E-state index is 12.6. The molecule has 2 bridgehead atoms. The van der Waals surface area contributed by atoms with Crippen LogP contribution in [0.15, 0.2) is 24.4 Å². The number of carbonyl (C=O) groups excluding carboxylic acids is 2. The summed E-state index contributed by atoms with van der Waals surface area (Å²) in [5.74, 6) is 1.05. The fourth-order valence-electron chi connectivity index (χ4n) is 6.42. The van der Waals surface area contributed by atoms with Crippen LogP contribution in [0.5, 0.6) is 0 Å². The molecule has 6 nitrogen and oxygen atoms in total. The summed E-state index contributed by atoms with van der Waals surface area (Å²) in [5, 5.41) is 6.43. The molecule has 2 heterocycles. The van der Waals surface area contributed by atoms with Crippen LogP contribution in [0.2, 0.25) is 0 Å². The second-order valence-corrected chi connectivity index (χ2v) is 10.3. The Labute approximate surface area is 179 Å². The van der Waals surface area contributed by atoms with Crippen molar-refractivity contribution in [3.05, 3.63) is 30.1 Å². The maximum Gasteiger partial charge on any atom is 0.269 e. The third-order valence-electron chi connectivity index (χ3n) is 8.05. The molecule has 1 aromatic heterocycles. The Kier molecular flexibility index (Phi) is 5.64. The molecule has 2 amide bonds. The van der Waals surface area contributed by atoms with Crippen LogP contribution in [0.3, 0.4) is 0 Å². The minimum atomic E-state index is -0.141. The van der Waals surface area contributed by atoms with Crippen LogP contribution in [-0.2, 0) is 9.53 Å². The van der Waals surface area contributed by atoms with E-state index in [0.717, 1.165) is 25.9 Å². The van der Waals surface area contributed by atoms with E-state index in [1.165, 1.54) is 6.42 Å². The average molecular weight is 414 g/mol. The maximum atomic E-state index is 12.6. The number of nitrogens with zero attached hydrogens (tertiary/aromatic N) is 1. The Morgan fingerprint density at radius 2 is 2.10 bits per heavy atom. The minimum absolute atomic E-state index is 0.00720. The molecular formula is C24H35N3O3. The van der Waals surface area contributed by atoms with Crippen LogP contribution < -0.4 is 10.6 Å². The van der Waals surface area contributed by atoms with Crippen LogP contribution in [0, 0.1) is 28.6 Å². The van der Waals surface area contributed by atoms with E-state index in [4.69, 9.17) is 4.74 Å². The number of aromatic nitrogens is 1. The van der Waals surface area contributed by atoms with E-state index in [1.807, 2.05) is 19.9 Å². The monoisotopic (exact) mass is 413 g/mol. The van der Waals surface area contributed by atoms with Crippen LogP contribution in [-0.4, -0.2) is 42.1 Å². The van der Waals surface area contributed by atoms with Gasteiger partial charge in [-0.15, -0.1) is 0 Å². The third kappa shape index (κ3) is 3.53. The lowest BCUT2D eigenvalue weighted by Crippen LogP contribution is -2.60. The molecule has 3 aliphatic rings. The summed E-state index contributed by atoms with van der Waals surface area (Å²) < 4.78 is 6.22. The normalized spacial score (nSPS) is 33.9. The summed E-state index contributed by atoms with van der Waals surface area (Å²) >= 11 is 0. The molecule has 0 radical (unpaired) electrons. The Bertz CT molecular complexity index is 794. The Morgan fingerprint density at radius 3 is 2.80 bits per heavy atom. The van der Waals surface area contributed by atoms with Gasteiger partial charge < -0.3 is 15.4 Å². The highest BCUT2D eigenvalue weighted by Gasteiger charge is 2.68. The first-order valence-corrected chi connectivity index (χ1v) is 11.4. The van der Waals surface area contributed by atoms with E-state index < -0.39 is 0 Å². The minimum Gasteiger partial charge on any atom is -0.378 e. The van der Waals surface area contributed by atoms with E-state index in [2.05, 4.69) is 29.5 Å². The molecule has 0 unspecified atom stereocenters. The number of rotatable bonds is 6. The first-order valence-electron chi connectivity index (χ1n) is 11.4. The first-order chi connectivity index (χ1) is 14.3. The molecule has 0 aromatic carbocycles. The molecule has 1 aromatic rings. The lowest BCUT2D eigenvalue weighted by Gasteiger charge is -2.53. The van der Waals surface area contributed by atoms with Crippen molar-refractivity contribution >= 4 is 11.8 Å². The molecule has 5 atom stereocenters. The van der Waals surface area contributed by atoms with E-state index in [-0.39, 0.29) is 40.7 Å². The lowest BCUT2D eigenvalue weighted by molar-refractivity contribution is -0.138. The molecule has 30 heavy (non-hydrogen) atoms. The quantitative estimate of drug-likeness (QED) is 0.751. The molecule has 1 spiro atoms. The summed E-state index contributed by atoms with van der Waals surface area (Å²) in [4.78, 5) is 29.0. The predicted octanol–water partition coefficient (Wildman–Crippen LogP) is 3.18. The van der Waals surface area contributed by atoms with E-state index in [9.17, 15) is 9.59 Å². The Balaban J connectivity index is 1.43. The van der Waals surface area contributed by atoms with Gasteiger partial charge >= 0.3 is 0 Å². The van der Waals surface area contributed by atoms with Crippen molar-refractivity contribution in [2.45, 2.75) is 65.5 Å². The van der Waals surface area contributed by atoms with Crippen molar-refractivity contribution in [2.75, 3.05) is 13.2 Å². The van der Waals surface area contributed by atoms with Gasteiger partial charge in [-0.25, -0.2) is 0 Å². The van der Waals surface area contributed by atoms with Gasteiger partial charge in [0.15, 0.2) is 0 Å². The number of hydrogen-bond donors (Lipinski definition) is 2. The molecule has 2 saturated carbocycles. The molecule has 3 fully saturated rings. The highest BCUT2D eigenvalue weighted by atomic mass is 16.5. The van der Waals surface area contributed by atoms with Crippen LogP contribution in [0.25, 0.3) is 0 Å². The van der Waals surface area contributed by atoms with Crippen LogP contribution in [0.4, 0.5) is 0 Å². The van der Waals surface area contributed by atoms with Crippen LogP contribution >= 0.6 is 0 Å². The summed E-state index contributed by atoms with van der Waals surface area (Å²) in [5.41, 5.74) is 0.666. The number of carbonyl (C=O) groups is 2. The molecule has 2 aliphatic carbocycles. The van der Waals surface area contributed by atoms with Crippen molar-refractivity contribution < 1.29 is 14.3 Å². The SMILES string of the molecule is CC(C)C(=O)N[C@H]1C(C)(C)[C@@H]2C[C@@H]3[C@@H](CCNC(=O)c4ccccn4)OCC[C@@]31C2. The molecule has 164 valence electrons. The smallest absolute Gasteiger partial charge is 0.269 e. The molecular weight excluding hydrogens is 378 g/mol. The zero-order valence-corrected chi connectivity index (χ0v) is 18.6. The van der Waals surface area contributed by atoms with Crippen molar-refractivity contribution in [1.82, 2.24) is 15.6 Å². The van der Waals surface area contributed by atoms with Crippen molar-refractivity contribution in [1.29, 1.82) is 0 Å². The first kappa shape index (κ1) is 21.3. The number of pyridine rings is 1. The van der Waals surface area contributed by atoms with Gasteiger partial charge in [0, 0.05) is 31.3 Å². The van der Waals surface area contributed by atoms with E-state index >= 15 is 0 Å². The molecule has 1 aliphatic heterocycles. The topological polar surface area (TPSA) is 80.3 Å². The fraction of sp³-hybridized carbons (Fsp3) is 0.708. The molecule has 6 heteroatoms. The van der Waals surface area contributed by atoms with Gasteiger partial charge in [-0.05, 0) is 60.5 Å². The number of amides is 2. The number of nitrogens with one attached hydrogen (secondary N) is 2. The lowest BCUT2D eigenvalue weighted by atomic mass is 9.59. The largest absolute Gasteiger partial charge is 0.378 e. The van der Waals surface area contributed by atoms with E-state index in [1.54, 1.807) is 18.3 Å². The Morgan fingerprint density at radius 1 is 1.30 bits per heavy atom. The van der Waals surface area contributed by atoms with Crippen molar-refractivity contribution in [3.63, 3.8) is 0 Å². The van der Waals surface area contributed by atoms with Gasteiger partial charge in [0.1, 0.15) is 5.69 Å². The van der Waals surface area contributed by atoms with E-state index in [0.29, 0.717) is 24.1 Å². The van der Waals surface area contributed by atoms with Gasteiger partial charge in [-0.2, -0.15) is 0 Å². The second kappa shape index (κ2) is 7.95. The van der Waals surface area contributed by atoms with Gasteiger partial charge in [0.25, 0.3) is 5.91 Å². The predicted molar refractivity (Wildman–Crippen MR) is 115 cm³/mol. The number of ether oxygens (including phenoxy) is 1. The highest BCUT2D eigenvalue weighted by Crippen LogP contribution is 2.68. The zero-order chi connectivity index (χ0) is 21.5. The summed E-state index contributed by atoms with van der Waals surface area (Å²) in [6.07, 6.45) is 5.89. The van der Waals surface area contributed by atoms with Gasteiger partial charge in [-0.3, -0.25) is 14.6 Å². The summed E-state index contributed by atoms with van der Waals surface area (Å²) in [7, 11) is 0. The van der Waals surface area contributed by atoms with Crippen molar-refractivity contribution in [2.24, 2.45) is 28.6 Å².